The Morgan fingerprint density at radius 1 is 0.219 bits per heavy atom. The highest BCUT2D eigenvalue weighted by atomic mass is 28.3. The number of benzene rings is 10. The van der Waals surface area contributed by atoms with Gasteiger partial charge in [-0.3, -0.25) is 0 Å². The van der Waals surface area contributed by atoms with E-state index in [1.807, 2.05) is 0 Å². The van der Waals surface area contributed by atoms with Crippen molar-refractivity contribution in [1.82, 2.24) is 13.7 Å². The summed E-state index contributed by atoms with van der Waals surface area (Å²) in [5, 5.41) is 13.0. The molecule has 0 saturated carbocycles. The van der Waals surface area contributed by atoms with Crippen LogP contribution in [0.1, 0.15) is 0 Å². The van der Waals surface area contributed by atoms with Crippen LogP contribution in [0.15, 0.2) is 249 Å². The summed E-state index contributed by atoms with van der Waals surface area (Å²) in [7, 11) is -2.85. The molecule has 3 heterocycles. The molecular weight excluding hydrogens is 791 g/mol. The Morgan fingerprint density at radius 3 is 1.06 bits per heavy atom. The van der Waals surface area contributed by atoms with Gasteiger partial charge in [-0.25, -0.2) is 0 Å². The molecule has 0 aliphatic heterocycles. The quantitative estimate of drug-likeness (QED) is 0.112. The van der Waals surface area contributed by atoms with E-state index in [1.54, 1.807) is 0 Å². The average Bonchev–Trinajstić information content (AvgIpc) is 4.02. The van der Waals surface area contributed by atoms with E-state index in [1.165, 1.54) is 86.2 Å². The van der Waals surface area contributed by atoms with Crippen molar-refractivity contribution in [2.45, 2.75) is 0 Å². The Balaban J connectivity index is 1.03. The molecule has 0 atom stereocenters. The molecule has 13 aromatic rings. The topological polar surface area (TPSA) is 14.8 Å². The number of nitrogens with zero attached hydrogens (tertiary/aromatic N) is 3. The van der Waals surface area contributed by atoms with Gasteiger partial charge in [-0.1, -0.05) is 182 Å². The summed E-state index contributed by atoms with van der Waals surface area (Å²) in [5.74, 6) is 0. The monoisotopic (exact) mass is 831 g/mol. The lowest BCUT2D eigenvalue weighted by atomic mass is 10.1. The van der Waals surface area contributed by atoms with E-state index in [4.69, 9.17) is 0 Å². The second kappa shape index (κ2) is 14.5. The first-order chi connectivity index (χ1) is 31.8. The molecule has 0 spiro atoms. The molecule has 3 nitrogen and oxygen atoms in total. The van der Waals surface area contributed by atoms with Crippen molar-refractivity contribution in [2.75, 3.05) is 0 Å². The fourth-order valence-electron chi connectivity index (χ4n) is 10.9. The van der Waals surface area contributed by atoms with Crippen LogP contribution in [0.3, 0.4) is 0 Å². The smallest absolute Gasteiger partial charge is 0.179 e. The zero-order valence-corrected chi connectivity index (χ0v) is 36.0. The summed E-state index contributed by atoms with van der Waals surface area (Å²) in [6.07, 6.45) is 0. The van der Waals surface area contributed by atoms with Crippen molar-refractivity contribution in [3.8, 4) is 17.1 Å². The Morgan fingerprint density at radius 2 is 0.562 bits per heavy atom. The van der Waals surface area contributed by atoms with E-state index in [0.29, 0.717) is 0 Å². The lowest BCUT2D eigenvalue weighted by Crippen LogP contribution is -2.74. The normalized spacial score (nSPS) is 12.1. The van der Waals surface area contributed by atoms with Gasteiger partial charge in [-0.15, -0.1) is 0 Å². The van der Waals surface area contributed by atoms with Crippen molar-refractivity contribution in [1.29, 1.82) is 0 Å². The van der Waals surface area contributed by atoms with E-state index in [0.717, 1.165) is 17.1 Å². The Hall–Kier alpha value is -8.18. The number of fused-ring (bicyclic) bond motifs is 10. The van der Waals surface area contributed by atoms with Crippen LogP contribution in [0.4, 0.5) is 0 Å². The predicted octanol–water partition coefficient (Wildman–Crippen LogP) is 12.4. The molecule has 0 saturated heterocycles. The molecule has 0 N–H and O–H groups in total. The maximum atomic E-state index is 2.47. The van der Waals surface area contributed by atoms with Gasteiger partial charge in [0.15, 0.2) is 8.07 Å². The van der Waals surface area contributed by atoms with Crippen LogP contribution in [0.2, 0.25) is 0 Å². The number of para-hydroxylation sites is 5. The van der Waals surface area contributed by atoms with Crippen LogP contribution in [0.5, 0.6) is 0 Å². The fraction of sp³-hybridized carbons (Fsp3) is 0. The molecule has 0 bridgehead atoms. The third-order valence-corrected chi connectivity index (χ3v) is 18.4. The second-order valence-corrected chi connectivity index (χ2v) is 20.7. The molecular formula is C60H41N3Si. The molecule has 13 rings (SSSR count). The standard InChI is InChI=1S/C60H41N3Si/c1-4-18-42(19-5-1)63-56-30-16-12-26-51(56)52-40-41-58-59(60(52)63)53-27-13-17-31-57(53)62(58)44-34-38-48(39-35-44)64(45-20-6-2-7-21-45,46-22-8-3-9-23-46)47-36-32-43(33-37-47)61-54-28-14-10-24-49(54)50-25-11-15-29-55(50)61/h1-41H. The van der Waals surface area contributed by atoms with Crippen LogP contribution in [-0.4, -0.2) is 21.8 Å². The maximum absolute atomic E-state index is 2.85. The zero-order valence-electron chi connectivity index (χ0n) is 35.0. The molecule has 64 heavy (non-hydrogen) atoms. The summed E-state index contributed by atoms with van der Waals surface area (Å²) < 4.78 is 7.34. The Labute approximate surface area is 372 Å². The SMILES string of the molecule is c1ccc(-n2c3ccccc3c3ccc4c(c5ccccc5n4-c4ccc([Si](c5ccccc5)(c5ccccc5)c5ccc(-n6c7ccccc7c7ccccc76)cc5)cc4)c32)cc1. The summed E-state index contributed by atoms with van der Waals surface area (Å²) in [6, 6.07) is 92.2. The fourth-order valence-corrected chi connectivity index (χ4v) is 15.6. The van der Waals surface area contributed by atoms with Crippen LogP contribution in [0, 0.1) is 0 Å². The zero-order chi connectivity index (χ0) is 42.2. The first kappa shape index (κ1) is 36.5. The second-order valence-electron chi connectivity index (χ2n) is 16.8. The molecule has 0 aliphatic rings. The van der Waals surface area contributed by atoms with Crippen LogP contribution in [-0.2, 0) is 0 Å². The number of hydrogen-bond acceptors (Lipinski definition) is 0. The van der Waals surface area contributed by atoms with Crippen molar-refractivity contribution in [2.24, 2.45) is 0 Å². The van der Waals surface area contributed by atoms with Gasteiger partial charge in [0.25, 0.3) is 0 Å². The summed E-state index contributed by atoms with van der Waals surface area (Å²) >= 11 is 0. The minimum absolute atomic E-state index is 1.14. The highest BCUT2D eigenvalue weighted by Crippen LogP contribution is 2.42. The largest absolute Gasteiger partial charge is 0.309 e. The van der Waals surface area contributed by atoms with Gasteiger partial charge in [-0.2, -0.15) is 0 Å². The Bertz CT molecular complexity index is 3770. The van der Waals surface area contributed by atoms with Gasteiger partial charge in [0.1, 0.15) is 0 Å². The molecule has 0 aliphatic carbocycles. The first-order valence-corrected chi connectivity index (χ1v) is 24.1. The van der Waals surface area contributed by atoms with Crippen LogP contribution >= 0.6 is 0 Å². The average molecular weight is 832 g/mol. The predicted molar refractivity (Wildman–Crippen MR) is 273 cm³/mol. The lowest BCUT2D eigenvalue weighted by molar-refractivity contribution is 1.17. The van der Waals surface area contributed by atoms with E-state index < -0.39 is 8.07 Å². The van der Waals surface area contributed by atoms with E-state index in [-0.39, 0.29) is 0 Å². The minimum Gasteiger partial charge on any atom is -0.309 e. The molecule has 4 heteroatoms. The number of hydrogen-bond donors (Lipinski definition) is 0. The highest BCUT2D eigenvalue weighted by Gasteiger charge is 2.41. The van der Waals surface area contributed by atoms with Crippen LogP contribution < -0.4 is 20.7 Å². The van der Waals surface area contributed by atoms with E-state index in [2.05, 4.69) is 262 Å². The maximum Gasteiger partial charge on any atom is 0.179 e. The Kier molecular flexibility index (Phi) is 8.23. The third kappa shape index (κ3) is 5.27. The lowest BCUT2D eigenvalue weighted by Gasteiger charge is -2.34. The molecule has 0 unspecified atom stereocenters. The molecule has 10 aromatic carbocycles. The van der Waals surface area contributed by atoms with Crippen molar-refractivity contribution >= 4 is 94.2 Å². The summed E-state index contributed by atoms with van der Waals surface area (Å²) in [5.41, 5.74) is 10.7. The first-order valence-electron chi connectivity index (χ1n) is 22.1. The molecule has 0 amide bonds. The van der Waals surface area contributed by atoms with Gasteiger partial charge in [-0.05, 0) is 87.5 Å². The summed E-state index contributed by atoms with van der Waals surface area (Å²) in [4.78, 5) is 0. The van der Waals surface area contributed by atoms with Crippen molar-refractivity contribution in [3.05, 3.63) is 249 Å². The molecule has 3 aromatic heterocycles. The number of aromatic nitrogens is 3. The molecule has 0 fully saturated rings. The van der Waals surface area contributed by atoms with Crippen molar-refractivity contribution in [3.63, 3.8) is 0 Å². The molecule has 300 valence electrons. The minimum atomic E-state index is -2.85. The van der Waals surface area contributed by atoms with Gasteiger partial charge in [0, 0.05) is 49.4 Å². The van der Waals surface area contributed by atoms with Crippen molar-refractivity contribution < 1.29 is 0 Å². The highest BCUT2D eigenvalue weighted by molar-refractivity contribution is 7.19. The summed E-state index contributed by atoms with van der Waals surface area (Å²) in [6.45, 7) is 0. The van der Waals surface area contributed by atoms with E-state index in [9.17, 15) is 0 Å². The van der Waals surface area contributed by atoms with Gasteiger partial charge in [0.05, 0.1) is 33.1 Å². The van der Waals surface area contributed by atoms with Gasteiger partial charge in [0.2, 0.25) is 0 Å². The van der Waals surface area contributed by atoms with Gasteiger partial charge < -0.3 is 13.7 Å². The van der Waals surface area contributed by atoms with E-state index >= 15 is 0 Å². The third-order valence-electron chi connectivity index (χ3n) is 13.6. The van der Waals surface area contributed by atoms with Crippen LogP contribution in [0.25, 0.3) is 82.5 Å². The molecule has 0 radical (unpaired) electrons. The number of rotatable bonds is 7. The van der Waals surface area contributed by atoms with Gasteiger partial charge >= 0.3 is 0 Å².